The Morgan fingerprint density at radius 3 is 2.75 bits per heavy atom. The predicted molar refractivity (Wildman–Crippen MR) is 29.5 cm³/mol. The van der Waals surface area contributed by atoms with Crippen LogP contribution in [-0.4, -0.2) is 11.7 Å². The molecule has 0 fully saturated rings. The molecule has 0 aromatic rings. The van der Waals surface area contributed by atoms with Crippen molar-refractivity contribution in [3.8, 4) is 0 Å². The summed E-state index contributed by atoms with van der Waals surface area (Å²) in [6.07, 6.45) is 0.979. The van der Waals surface area contributed by atoms with E-state index in [4.69, 9.17) is 9.84 Å². The minimum Gasteiger partial charge on any atom is -0.490 e. The summed E-state index contributed by atoms with van der Waals surface area (Å²) in [5.41, 5.74) is 1.20. The monoisotopic (exact) mass is 113 g/mol. The third-order valence-electron chi connectivity index (χ3n) is 1.29. The average Bonchev–Trinajstić information content (AvgIpc) is 1.66. The molecule has 0 saturated heterocycles. The first-order valence-corrected chi connectivity index (χ1v) is 2.70. The Labute approximate surface area is 48.8 Å². The molecule has 1 heterocycles. The second-order valence-electron chi connectivity index (χ2n) is 1.74. The van der Waals surface area contributed by atoms with Crippen LogP contribution in [0.25, 0.3) is 0 Å². The molecule has 0 aromatic carbocycles. The van der Waals surface area contributed by atoms with Crippen LogP contribution in [0.15, 0.2) is 11.3 Å². The summed E-state index contributed by atoms with van der Waals surface area (Å²) in [6.45, 7) is 3.76. The van der Waals surface area contributed by atoms with Crippen molar-refractivity contribution in [3.63, 3.8) is 0 Å². The second kappa shape index (κ2) is 2.18. The molecule has 1 aliphatic heterocycles. The van der Waals surface area contributed by atoms with Gasteiger partial charge in [-0.25, -0.2) is 0 Å². The first-order valence-electron chi connectivity index (χ1n) is 2.70. The molecule has 0 aliphatic carbocycles. The van der Waals surface area contributed by atoms with E-state index in [-0.39, 0.29) is 0 Å². The standard InChI is InChI=1S/C6H9O2/c1-2-5-4-8-6(5)3-7/h3,7H,2,4H2,1H3. The molecule has 0 unspecified atom stereocenters. The number of aliphatic hydroxyl groups is 1. The molecule has 0 aromatic heterocycles. The topological polar surface area (TPSA) is 29.5 Å². The molecule has 2 nitrogen and oxygen atoms in total. The fourth-order valence-electron chi connectivity index (χ4n) is 0.662. The van der Waals surface area contributed by atoms with Crippen LogP contribution in [0.3, 0.4) is 0 Å². The summed E-state index contributed by atoms with van der Waals surface area (Å²) < 4.78 is 4.86. The minimum atomic E-state index is 0.660. The number of aliphatic hydroxyl groups excluding tert-OH is 1. The summed E-state index contributed by atoms with van der Waals surface area (Å²) in [4.78, 5) is 0. The molecule has 1 radical (unpaired) electrons. The van der Waals surface area contributed by atoms with Crippen LogP contribution in [0.4, 0.5) is 0 Å². The molecule has 0 saturated carbocycles. The van der Waals surface area contributed by atoms with Crippen molar-refractivity contribution < 1.29 is 9.84 Å². The third-order valence-corrected chi connectivity index (χ3v) is 1.29. The Kier molecular flexibility index (Phi) is 1.53. The molecule has 0 bridgehead atoms. The van der Waals surface area contributed by atoms with Gasteiger partial charge in [0.15, 0.2) is 0 Å². The van der Waals surface area contributed by atoms with Crippen LogP contribution >= 0.6 is 0 Å². The third kappa shape index (κ3) is 0.713. The molecule has 0 spiro atoms. The fraction of sp³-hybridized carbons (Fsp3) is 0.500. The van der Waals surface area contributed by atoms with E-state index in [1.807, 2.05) is 6.92 Å². The van der Waals surface area contributed by atoms with Gasteiger partial charge in [0.2, 0.25) is 0 Å². The number of ether oxygens (including phenoxy) is 1. The van der Waals surface area contributed by atoms with E-state index in [2.05, 4.69) is 0 Å². The summed E-state index contributed by atoms with van der Waals surface area (Å²) in [7, 11) is 0. The van der Waals surface area contributed by atoms with Crippen LogP contribution in [0.2, 0.25) is 0 Å². The lowest BCUT2D eigenvalue weighted by molar-refractivity contribution is 0.154. The lowest BCUT2D eigenvalue weighted by Crippen LogP contribution is -2.13. The molecular formula is C6H9O2. The SMILES string of the molecule is CCC1=C([CH]O)OC1. The Morgan fingerprint density at radius 2 is 2.62 bits per heavy atom. The summed E-state index contributed by atoms with van der Waals surface area (Å²) in [5, 5.41) is 8.38. The van der Waals surface area contributed by atoms with Gasteiger partial charge in [0.25, 0.3) is 0 Å². The van der Waals surface area contributed by atoms with E-state index in [0.717, 1.165) is 13.0 Å². The summed E-state index contributed by atoms with van der Waals surface area (Å²) >= 11 is 0. The van der Waals surface area contributed by atoms with Gasteiger partial charge in [-0.3, -0.25) is 0 Å². The van der Waals surface area contributed by atoms with Crippen molar-refractivity contribution in [2.45, 2.75) is 13.3 Å². The highest BCUT2D eigenvalue weighted by Crippen LogP contribution is 2.21. The molecule has 1 aliphatic rings. The van der Waals surface area contributed by atoms with E-state index in [9.17, 15) is 0 Å². The summed E-state index contributed by atoms with van der Waals surface area (Å²) in [5.74, 6) is 0.660. The van der Waals surface area contributed by atoms with Gasteiger partial charge in [-0.1, -0.05) is 6.92 Å². The Balaban J connectivity index is 2.49. The van der Waals surface area contributed by atoms with E-state index in [0.29, 0.717) is 12.4 Å². The van der Waals surface area contributed by atoms with Gasteiger partial charge < -0.3 is 9.84 Å². The summed E-state index contributed by atoms with van der Waals surface area (Å²) in [6, 6.07) is 0. The highest BCUT2D eigenvalue weighted by atomic mass is 16.5. The average molecular weight is 113 g/mol. The maximum atomic E-state index is 8.38. The zero-order valence-corrected chi connectivity index (χ0v) is 4.85. The van der Waals surface area contributed by atoms with Gasteiger partial charge >= 0.3 is 0 Å². The van der Waals surface area contributed by atoms with E-state index in [1.54, 1.807) is 0 Å². The van der Waals surface area contributed by atoms with E-state index in [1.165, 1.54) is 5.57 Å². The van der Waals surface area contributed by atoms with Crippen LogP contribution in [-0.2, 0) is 4.74 Å². The smallest absolute Gasteiger partial charge is 0.144 e. The quantitative estimate of drug-likeness (QED) is 0.583. The van der Waals surface area contributed by atoms with Crippen molar-refractivity contribution >= 4 is 0 Å². The molecule has 8 heavy (non-hydrogen) atoms. The van der Waals surface area contributed by atoms with Crippen molar-refractivity contribution in [2.24, 2.45) is 0 Å². The van der Waals surface area contributed by atoms with Gasteiger partial charge in [0.1, 0.15) is 19.0 Å². The van der Waals surface area contributed by atoms with Crippen molar-refractivity contribution in [1.29, 1.82) is 0 Å². The zero-order valence-electron chi connectivity index (χ0n) is 4.85. The molecule has 1 rings (SSSR count). The van der Waals surface area contributed by atoms with Crippen LogP contribution in [0, 0.1) is 6.61 Å². The van der Waals surface area contributed by atoms with Gasteiger partial charge in [-0.15, -0.1) is 0 Å². The van der Waals surface area contributed by atoms with Gasteiger partial charge in [-0.05, 0) is 6.42 Å². The second-order valence-corrected chi connectivity index (χ2v) is 1.74. The lowest BCUT2D eigenvalue weighted by Gasteiger charge is -2.21. The van der Waals surface area contributed by atoms with Crippen LogP contribution < -0.4 is 0 Å². The maximum absolute atomic E-state index is 8.38. The Bertz CT molecular complexity index is 102. The lowest BCUT2D eigenvalue weighted by atomic mass is 10.1. The number of rotatable bonds is 2. The van der Waals surface area contributed by atoms with Crippen molar-refractivity contribution in [1.82, 2.24) is 0 Å². The van der Waals surface area contributed by atoms with Crippen molar-refractivity contribution in [2.75, 3.05) is 6.61 Å². The Morgan fingerprint density at radius 1 is 1.88 bits per heavy atom. The van der Waals surface area contributed by atoms with E-state index < -0.39 is 0 Å². The molecule has 0 atom stereocenters. The van der Waals surface area contributed by atoms with Gasteiger partial charge in [0.05, 0.1) is 0 Å². The van der Waals surface area contributed by atoms with Crippen LogP contribution in [0.1, 0.15) is 13.3 Å². The highest BCUT2D eigenvalue weighted by Gasteiger charge is 2.15. The largest absolute Gasteiger partial charge is 0.490 e. The predicted octanol–water partition coefficient (Wildman–Crippen LogP) is 1.21. The number of hydrogen-bond donors (Lipinski definition) is 1. The number of hydrogen-bond acceptors (Lipinski definition) is 2. The van der Waals surface area contributed by atoms with Crippen molar-refractivity contribution in [3.05, 3.63) is 17.9 Å². The van der Waals surface area contributed by atoms with Gasteiger partial charge in [0, 0.05) is 5.57 Å². The highest BCUT2D eigenvalue weighted by molar-refractivity contribution is 5.20. The normalized spacial score (nSPS) is 17.8. The maximum Gasteiger partial charge on any atom is 0.144 e. The Hall–Kier alpha value is -0.500. The zero-order chi connectivity index (χ0) is 5.98. The molecule has 2 heteroatoms. The van der Waals surface area contributed by atoms with Gasteiger partial charge in [-0.2, -0.15) is 0 Å². The van der Waals surface area contributed by atoms with Crippen LogP contribution in [0.5, 0.6) is 0 Å². The molecule has 45 valence electrons. The first kappa shape index (κ1) is 5.63. The minimum absolute atomic E-state index is 0.660. The molecule has 0 amide bonds. The van der Waals surface area contributed by atoms with E-state index >= 15 is 0 Å². The molecular weight excluding hydrogens is 104 g/mol. The first-order chi connectivity index (χ1) is 3.88. The fourth-order valence-corrected chi connectivity index (χ4v) is 0.662. The molecule has 1 N–H and O–H groups in total.